The van der Waals surface area contributed by atoms with Crippen LogP contribution in [0.25, 0.3) is 0 Å². The van der Waals surface area contributed by atoms with Crippen LogP contribution >= 0.6 is 0 Å². The van der Waals surface area contributed by atoms with Gasteiger partial charge in [-0.1, -0.05) is 0 Å². The SMILES string of the molecule is [BiH3].[Cr].[Cu].[Fe].[SbH3].[SnH2]. The van der Waals surface area contributed by atoms with Gasteiger partial charge in [0.25, 0.3) is 0 Å². The summed E-state index contributed by atoms with van der Waals surface area (Å²) in [7, 11) is 0. The van der Waals surface area contributed by atoms with Gasteiger partial charge in [-0.05, 0) is 0 Å². The van der Waals surface area contributed by atoms with Gasteiger partial charge in [0.1, 0.15) is 0 Å². The van der Waals surface area contributed by atoms with Gasteiger partial charge in [-0.3, -0.25) is 0 Å². The molecule has 0 N–H and O–H groups in total. The second-order valence-corrected chi connectivity index (χ2v) is 0. The van der Waals surface area contributed by atoms with Gasteiger partial charge in [0.15, 0.2) is 0 Å². The Morgan fingerprint density at radius 2 is 1.00 bits per heavy atom. The second kappa shape index (κ2) is 35.7. The third-order valence-corrected chi connectivity index (χ3v) is 0. The average molecular weight is 629 g/mol. The molecule has 0 aliphatic heterocycles. The van der Waals surface area contributed by atoms with Crippen molar-refractivity contribution in [3.05, 3.63) is 0 Å². The van der Waals surface area contributed by atoms with Gasteiger partial charge >= 0.3 is 74.5 Å². The Morgan fingerprint density at radius 1 is 1.00 bits per heavy atom. The molecule has 0 nitrogen and oxygen atoms in total. The topological polar surface area (TPSA) is 0 Å². The molecule has 0 saturated carbocycles. The first-order valence-electron chi connectivity index (χ1n) is 0. The monoisotopic (exact) mass is 629 g/mol. The summed E-state index contributed by atoms with van der Waals surface area (Å²) in [4.78, 5) is 0. The Labute approximate surface area is 123 Å². The summed E-state index contributed by atoms with van der Waals surface area (Å²) in [5, 5.41) is 0. The fourth-order valence-electron chi connectivity index (χ4n) is 0. The van der Waals surface area contributed by atoms with E-state index in [-0.39, 0.29) is 126 Å². The maximum absolute atomic E-state index is 0. The van der Waals surface area contributed by atoms with E-state index in [9.17, 15) is 0 Å². The Morgan fingerprint density at radius 3 is 1.00 bits per heavy atom. The van der Waals surface area contributed by atoms with Crippen molar-refractivity contribution in [1.29, 1.82) is 0 Å². The summed E-state index contributed by atoms with van der Waals surface area (Å²) < 4.78 is 0. The van der Waals surface area contributed by atoms with E-state index in [1.54, 1.807) is 0 Å². The van der Waals surface area contributed by atoms with Crippen molar-refractivity contribution in [1.82, 2.24) is 0 Å². The molecule has 0 aromatic carbocycles. The molecule has 0 amide bonds. The number of hydrogen-bond acceptors (Lipinski definition) is 0. The molecule has 6 heavy (non-hydrogen) atoms. The molecule has 0 aromatic heterocycles. The van der Waals surface area contributed by atoms with E-state index in [4.69, 9.17) is 0 Å². The van der Waals surface area contributed by atoms with Gasteiger partial charge in [-0.15, -0.1) is 0 Å². The van der Waals surface area contributed by atoms with Crippen LogP contribution in [0.15, 0.2) is 0 Å². The number of rotatable bonds is 0. The molecule has 0 rings (SSSR count). The molecular formula is H8BiCrCuFeSbSn. The third-order valence-electron chi connectivity index (χ3n) is 0. The molecule has 3 radical (unpaired) electrons. The van der Waals surface area contributed by atoms with Crippen molar-refractivity contribution in [2.75, 3.05) is 0 Å². The zero-order valence-electron chi connectivity index (χ0n) is 3.18. The molecule has 0 atom stereocenters. The molecule has 0 unspecified atom stereocenters. The van der Waals surface area contributed by atoms with Crippen LogP contribution in [0.4, 0.5) is 0 Å². The van der Waals surface area contributed by atoms with E-state index in [1.165, 1.54) is 0 Å². The van der Waals surface area contributed by atoms with Crippen molar-refractivity contribution < 1.29 is 51.5 Å². The van der Waals surface area contributed by atoms with Gasteiger partial charge in [-0.2, -0.15) is 0 Å². The first kappa shape index (κ1) is 50.0. The standard InChI is InChI=1S/Bi.Cr.Cu.Fe.Sb.Sn.8H. The van der Waals surface area contributed by atoms with Crippen molar-refractivity contribution in [2.45, 2.75) is 0 Å². The molecule has 0 aliphatic carbocycles. The van der Waals surface area contributed by atoms with E-state index < -0.39 is 0 Å². The van der Waals surface area contributed by atoms with E-state index in [2.05, 4.69) is 0 Å². The first-order valence-corrected chi connectivity index (χ1v) is 0. The molecular weight excluding hydrogens is 621 g/mol. The van der Waals surface area contributed by atoms with Crippen molar-refractivity contribution in [2.24, 2.45) is 0 Å². The van der Waals surface area contributed by atoms with E-state index >= 15 is 0 Å². The molecule has 0 saturated heterocycles. The zero-order valence-corrected chi connectivity index (χ0v) is 20.1. The third kappa shape index (κ3) is 24.3. The van der Waals surface area contributed by atoms with Crippen LogP contribution in [0.2, 0.25) is 0 Å². The molecule has 0 spiro atoms. The molecule has 0 heterocycles. The summed E-state index contributed by atoms with van der Waals surface area (Å²) in [6, 6.07) is 0. The summed E-state index contributed by atoms with van der Waals surface area (Å²) >= 11 is 0. The zero-order chi connectivity index (χ0) is 0. The predicted octanol–water partition coefficient (Wildman–Crippen LogP) is -3.29. The molecule has 6 heteroatoms. The fourth-order valence-corrected chi connectivity index (χ4v) is 0. The van der Waals surface area contributed by atoms with Gasteiger partial charge in [0.2, 0.25) is 0 Å². The van der Waals surface area contributed by atoms with Crippen LogP contribution in [0.3, 0.4) is 0 Å². The Kier molecular flexibility index (Phi) is 297. The van der Waals surface area contributed by atoms with E-state index in [1.807, 2.05) is 0 Å². The quantitative estimate of drug-likeness (QED) is 0.247. The molecule has 0 aromatic rings. The average Bonchev–Trinajstić information content (AvgIpc) is 0. The van der Waals surface area contributed by atoms with Crippen molar-refractivity contribution >= 4 is 74.5 Å². The summed E-state index contributed by atoms with van der Waals surface area (Å²) in [5.74, 6) is 0. The van der Waals surface area contributed by atoms with E-state index in [0.717, 1.165) is 0 Å². The maximum atomic E-state index is 0. The second-order valence-electron chi connectivity index (χ2n) is 0. The van der Waals surface area contributed by atoms with Gasteiger partial charge in [0.05, 0.1) is 0 Å². The minimum absolute atomic E-state index is 0. The van der Waals surface area contributed by atoms with Crippen LogP contribution in [0.1, 0.15) is 0 Å². The Bertz CT molecular complexity index is 15.5. The predicted molar refractivity (Wildman–Crippen MR) is 28.4 cm³/mol. The fraction of sp³-hybridized carbons (Fsp3) is 0. The number of hydrogen-bond donors (Lipinski definition) is 0. The molecule has 47 valence electrons. The normalized spacial score (nSPS) is 0. The Hall–Kier alpha value is 4.07. The summed E-state index contributed by atoms with van der Waals surface area (Å²) in [6.07, 6.45) is 0. The summed E-state index contributed by atoms with van der Waals surface area (Å²) in [6.45, 7) is 0. The van der Waals surface area contributed by atoms with Crippen LogP contribution in [-0.2, 0) is 51.5 Å². The molecule has 0 bridgehead atoms. The van der Waals surface area contributed by atoms with Gasteiger partial charge in [-0.25, -0.2) is 0 Å². The Balaban J connectivity index is 0. The summed E-state index contributed by atoms with van der Waals surface area (Å²) in [5.41, 5.74) is 0. The molecule has 0 aliphatic rings. The van der Waals surface area contributed by atoms with Gasteiger partial charge in [0, 0.05) is 51.5 Å². The van der Waals surface area contributed by atoms with Crippen molar-refractivity contribution in [3.8, 4) is 0 Å². The van der Waals surface area contributed by atoms with Crippen LogP contribution < -0.4 is 0 Å². The van der Waals surface area contributed by atoms with Crippen molar-refractivity contribution in [3.63, 3.8) is 0 Å². The van der Waals surface area contributed by atoms with Crippen LogP contribution in [0, 0.1) is 0 Å². The minimum atomic E-state index is 0. The van der Waals surface area contributed by atoms with E-state index in [0.29, 0.717) is 0 Å². The van der Waals surface area contributed by atoms with Gasteiger partial charge < -0.3 is 0 Å². The molecule has 0 fully saturated rings. The first-order chi connectivity index (χ1) is 0. The van der Waals surface area contributed by atoms with Crippen LogP contribution in [0.5, 0.6) is 0 Å². The van der Waals surface area contributed by atoms with Crippen LogP contribution in [-0.4, -0.2) is 74.5 Å².